The maximum absolute atomic E-state index is 4.82. The Morgan fingerprint density at radius 1 is 1.27 bits per heavy atom. The van der Waals surface area contributed by atoms with Crippen LogP contribution in [0.25, 0.3) is 0 Å². The maximum Gasteiger partial charge on any atom is 0.106 e. The second-order valence-corrected chi connectivity index (χ2v) is 6.54. The molecular weight excluding hydrogens is 202 g/mol. The molecule has 0 amide bonds. The zero-order valence-electron chi connectivity index (χ0n) is 9.87. The molecule has 0 bridgehead atoms. The predicted octanol–water partition coefficient (Wildman–Crippen LogP) is 4.41. The molecule has 0 aromatic heterocycles. The molecule has 1 fully saturated rings. The maximum atomic E-state index is 4.82. The molecule has 0 radical (unpaired) electrons. The minimum Gasteiger partial charge on any atom is -0.279 e. The van der Waals surface area contributed by atoms with Crippen LogP contribution in [0, 0.1) is 0 Å². The van der Waals surface area contributed by atoms with Crippen LogP contribution in [0.3, 0.4) is 0 Å². The molecule has 2 rings (SSSR count). The van der Waals surface area contributed by atoms with Gasteiger partial charge in [0.15, 0.2) is 0 Å². The van der Waals surface area contributed by atoms with Crippen molar-refractivity contribution >= 4 is 18.0 Å². The molecule has 1 spiro atoms. The summed E-state index contributed by atoms with van der Waals surface area (Å²) in [5.74, 6) is 0. The molecule has 1 atom stereocenters. The molecule has 1 aliphatic carbocycles. The third-order valence-electron chi connectivity index (χ3n) is 3.57. The van der Waals surface area contributed by atoms with Gasteiger partial charge in [-0.25, -0.2) is 0 Å². The fourth-order valence-electron chi connectivity index (χ4n) is 2.64. The van der Waals surface area contributed by atoms with E-state index in [0.717, 1.165) is 5.25 Å². The van der Waals surface area contributed by atoms with Crippen molar-refractivity contribution in [1.82, 2.24) is 0 Å². The monoisotopic (exact) mass is 225 g/mol. The normalized spacial score (nSPS) is 28.7. The van der Waals surface area contributed by atoms with Crippen molar-refractivity contribution in [3.05, 3.63) is 0 Å². The van der Waals surface area contributed by atoms with Crippen LogP contribution < -0.4 is 0 Å². The van der Waals surface area contributed by atoms with Gasteiger partial charge in [-0.3, -0.25) is 4.99 Å². The van der Waals surface area contributed by atoms with Gasteiger partial charge in [0.1, 0.15) is 4.87 Å². The summed E-state index contributed by atoms with van der Waals surface area (Å²) in [6.07, 6.45) is 14.6. The molecule has 2 aliphatic rings. The van der Waals surface area contributed by atoms with Crippen LogP contribution in [0.15, 0.2) is 4.99 Å². The van der Waals surface area contributed by atoms with E-state index in [1.807, 2.05) is 0 Å². The minimum absolute atomic E-state index is 0.329. The van der Waals surface area contributed by atoms with Gasteiger partial charge in [0.2, 0.25) is 0 Å². The number of hydrogen-bond donors (Lipinski definition) is 0. The van der Waals surface area contributed by atoms with Crippen LogP contribution in [0.2, 0.25) is 0 Å². The second-order valence-electron chi connectivity index (χ2n) is 4.94. The lowest BCUT2D eigenvalue weighted by Gasteiger charge is -2.30. The molecule has 0 saturated heterocycles. The molecule has 1 aliphatic heterocycles. The topological polar surface area (TPSA) is 12.4 Å². The Labute approximate surface area is 98.1 Å². The largest absolute Gasteiger partial charge is 0.279 e. The highest BCUT2D eigenvalue weighted by Crippen LogP contribution is 2.47. The average molecular weight is 225 g/mol. The van der Waals surface area contributed by atoms with Crippen LogP contribution >= 0.6 is 11.8 Å². The lowest BCUT2D eigenvalue weighted by molar-refractivity contribution is 0.413. The molecular formula is C13H23NS. The zero-order valence-corrected chi connectivity index (χ0v) is 10.7. The highest BCUT2D eigenvalue weighted by Gasteiger charge is 2.37. The lowest BCUT2D eigenvalue weighted by atomic mass is 9.95. The smallest absolute Gasteiger partial charge is 0.106 e. The van der Waals surface area contributed by atoms with E-state index in [9.17, 15) is 0 Å². The lowest BCUT2D eigenvalue weighted by Crippen LogP contribution is -2.23. The third-order valence-corrected chi connectivity index (χ3v) is 5.19. The van der Waals surface area contributed by atoms with Crippen molar-refractivity contribution in [3.63, 3.8) is 0 Å². The fraction of sp³-hybridized carbons (Fsp3) is 0.923. The Bertz CT molecular complexity index is 219. The molecule has 86 valence electrons. The van der Waals surface area contributed by atoms with Gasteiger partial charge in [0.25, 0.3) is 0 Å². The SMILES string of the molecule is CCCCCC1C=NC2(CCCCC2)S1. The molecule has 0 N–H and O–H groups in total. The van der Waals surface area contributed by atoms with Crippen LogP contribution in [0.5, 0.6) is 0 Å². The Morgan fingerprint density at radius 2 is 2.07 bits per heavy atom. The van der Waals surface area contributed by atoms with Crippen molar-refractivity contribution in [2.75, 3.05) is 0 Å². The van der Waals surface area contributed by atoms with Crippen molar-refractivity contribution < 1.29 is 0 Å². The van der Waals surface area contributed by atoms with Gasteiger partial charge in [-0.1, -0.05) is 45.4 Å². The summed E-state index contributed by atoms with van der Waals surface area (Å²) in [7, 11) is 0. The number of hydrogen-bond acceptors (Lipinski definition) is 2. The van der Waals surface area contributed by atoms with Gasteiger partial charge in [0, 0.05) is 11.5 Å². The molecule has 0 aromatic carbocycles. The van der Waals surface area contributed by atoms with Gasteiger partial charge in [-0.2, -0.15) is 0 Å². The average Bonchev–Trinajstić information content (AvgIpc) is 2.63. The standard InChI is InChI=1S/C13H23NS/c1-2-3-5-8-12-11-14-13(15-12)9-6-4-7-10-13/h11-12H,2-10H2,1H3. The molecule has 0 aromatic rings. The number of unbranched alkanes of at least 4 members (excludes halogenated alkanes) is 2. The Kier molecular flexibility index (Phi) is 4.13. The van der Waals surface area contributed by atoms with Crippen LogP contribution in [0.1, 0.15) is 64.7 Å². The first-order valence-electron chi connectivity index (χ1n) is 6.58. The summed E-state index contributed by atoms with van der Waals surface area (Å²) in [5, 5.41) is 0.731. The third kappa shape index (κ3) is 2.99. The van der Waals surface area contributed by atoms with Crippen molar-refractivity contribution in [2.45, 2.75) is 74.8 Å². The number of nitrogens with zero attached hydrogens (tertiary/aromatic N) is 1. The summed E-state index contributed by atoms with van der Waals surface area (Å²) >= 11 is 2.16. The van der Waals surface area contributed by atoms with Crippen molar-refractivity contribution in [3.8, 4) is 0 Å². The van der Waals surface area contributed by atoms with Crippen LogP contribution in [-0.4, -0.2) is 16.3 Å². The highest BCUT2D eigenvalue weighted by molar-refractivity contribution is 8.02. The number of rotatable bonds is 4. The molecule has 1 saturated carbocycles. The van der Waals surface area contributed by atoms with E-state index in [4.69, 9.17) is 4.99 Å². The Hall–Kier alpha value is 0.0200. The van der Waals surface area contributed by atoms with E-state index < -0.39 is 0 Å². The predicted molar refractivity (Wildman–Crippen MR) is 69.8 cm³/mol. The van der Waals surface area contributed by atoms with Crippen molar-refractivity contribution in [1.29, 1.82) is 0 Å². The van der Waals surface area contributed by atoms with Gasteiger partial charge < -0.3 is 0 Å². The quantitative estimate of drug-likeness (QED) is 0.645. The van der Waals surface area contributed by atoms with Gasteiger partial charge in [-0.15, -0.1) is 11.8 Å². The second kappa shape index (κ2) is 5.38. The first kappa shape index (κ1) is 11.5. The molecule has 1 unspecified atom stereocenters. The first-order valence-corrected chi connectivity index (χ1v) is 7.46. The summed E-state index contributed by atoms with van der Waals surface area (Å²) in [5.41, 5.74) is 0. The summed E-state index contributed by atoms with van der Waals surface area (Å²) in [6, 6.07) is 0. The van der Waals surface area contributed by atoms with E-state index >= 15 is 0 Å². The minimum atomic E-state index is 0.329. The van der Waals surface area contributed by atoms with Crippen LogP contribution in [0.4, 0.5) is 0 Å². The van der Waals surface area contributed by atoms with Gasteiger partial charge in [-0.05, 0) is 19.3 Å². The number of thioether (sulfide) groups is 1. The van der Waals surface area contributed by atoms with Gasteiger partial charge >= 0.3 is 0 Å². The van der Waals surface area contributed by atoms with E-state index in [2.05, 4.69) is 24.9 Å². The fourth-order valence-corrected chi connectivity index (χ4v) is 4.26. The zero-order chi connectivity index (χ0) is 10.6. The summed E-state index contributed by atoms with van der Waals surface area (Å²) in [4.78, 5) is 5.15. The van der Waals surface area contributed by atoms with Crippen molar-refractivity contribution in [2.24, 2.45) is 4.99 Å². The molecule has 2 heteroatoms. The van der Waals surface area contributed by atoms with Gasteiger partial charge in [0.05, 0.1) is 0 Å². The summed E-state index contributed by atoms with van der Waals surface area (Å²) < 4.78 is 0. The Morgan fingerprint density at radius 3 is 2.80 bits per heavy atom. The number of aliphatic imine (C=N–C) groups is 1. The first-order chi connectivity index (χ1) is 7.35. The summed E-state index contributed by atoms with van der Waals surface area (Å²) in [6.45, 7) is 2.28. The van der Waals surface area contributed by atoms with Crippen LogP contribution in [-0.2, 0) is 0 Å². The highest BCUT2D eigenvalue weighted by atomic mass is 32.2. The van der Waals surface area contributed by atoms with E-state index in [1.54, 1.807) is 0 Å². The molecule has 1 heterocycles. The molecule has 15 heavy (non-hydrogen) atoms. The Balaban J connectivity index is 1.76. The van der Waals surface area contributed by atoms with E-state index in [1.165, 1.54) is 57.8 Å². The van der Waals surface area contributed by atoms with E-state index in [0.29, 0.717) is 4.87 Å². The van der Waals surface area contributed by atoms with E-state index in [-0.39, 0.29) is 0 Å². The molecule has 1 nitrogen and oxygen atoms in total.